The number of carbonyl (C=O) groups excluding carboxylic acids is 2. The molecule has 4 heterocycles. The molecule has 1 amide bonds. The second kappa shape index (κ2) is 14.2. The van der Waals surface area contributed by atoms with E-state index in [-0.39, 0.29) is 16.5 Å². The number of hydrogen-bond donors (Lipinski definition) is 1. The summed E-state index contributed by atoms with van der Waals surface area (Å²) in [4.78, 5) is 33.6. The Bertz CT molecular complexity index is 1970. The fourth-order valence-corrected chi connectivity index (χ4v) is 7.31. The van der Waals surface area contributed by atoms with Crippen LogP contribution in [0.25, 0.3) is 11.4 Å². The molecule has 2 aromatic carbocycles. The molecule has 1 unspecified atom stereocenters. The molecule has 1 aliphatic heterocycles. The third-order valence-electron chi connectivity index (χ3n) is 7.59. The van der Waals surface area contributed by atoms with E-state index in [9.17, 15) is 14.7 Å². The van der Waals surface area contributed by atoms with Crippen molar-refractivity contribution < 1.29 is 24.2 Å². The molecule has 1 fully saturated rings. The third-order valence-corrected chi connectivity index (χ3v) is 9.97. The number of unbranched alkanes of at least 4 members (excludes halogenated alkanes) is 1. The van der Waals surface area contributed by atoms with Crippen LogP contribution >= 0.6 is 34.7 Å². The summed E-state index contributed by atoms with van der Waals surface area (Å²) >= 11 is 8.68. The number of imidazole rings is 1. The number of pyridine rings is 1. The van der Waals surface area contributed by atoms with E-state index in [1.807, 2.05) is 37.3 Å². The zero-order valence-electron chi connectivity index (χ0n) is 26.0. The van der Waals surface area contributed by atoms with Crippen LogP contribution in [0.5, 0.6) is 11.5 Å². The molecule has 1 atom stereocenters. The summed E-state index contributed by atoms with van der Waals surface area (Å²) in [6.07, 6.45) is 3.60. The first-order chi connectivity index (χ1) is 22.8. The SMILES string of the molecule is CCCCOc1ccc(C2C(=C(O)c3c(C)nc4ccccn34)C(=O)C(=O)N2c2nnc(SCc3ccc(Cl)cc3)s2)cc1OCC. The van der Waals surface area contributed by atoms with Gasteiger partial charge in [-0.1, -0.05) is 72.3 Å². The number of ketones is 1. The maximum absolute atomic E-state index is 13.9. The van der Waals surface area contributed by atoms with Crippen molar-refractivity contribution in [1.82, 2.24) is 19.6 Å². The number of hydrogen-bond acceptors (Lipinski definition) is 10. The van der Waals surface area contributed by atoms with Crippen LogP contribution in [0.4, 0.5) is 5.13 Å². The summed E-state index contributed by atoms with van der Waals surface area (Å²) in [6.45, 7) is 6.59. The number of rotatable bonds is 12. The number of amides is 1. The number of halogens is 1. The third kappa shape index (κ3) is 6.58. The van der Waals surface area contributed by atoms with Crippen molar-refractivity contribution in [2.24, 2.45) is 0 Å². The van der Waals surface area contributed by atoms with Crippen LogP contribution in [0, 0.1) is 6.92 Å². The topological polar surface area (TPSA) is 119 Å². The van der Waals surface area contributed by atoms with Gasteiger partial charge in [0.05, 0.1) is 30.5 Å². The molecule has 47 heavy (non-hydrogen) atoms. The number of ether oxygens (including phenoxy) is 2. The number of carbonyl (C=O) groups is 2. The van der Waals surface area contributed by atoms with Crippen LogP contribution < -0.4 is 14.4 Å². The predicted octanol–water partition coefficient (Wildman–Crippen LogP) is 7.64. The van der Waals surface area contributed by atoms with Gasteiger partial charge in [-0.2, -0.15) is 0 Å². The quantitative estimate of drug-likeness (QED) is 0.0352. The maximum atomic E-state index is 13.9. The Morgan fingerprint density at radius 1 is 1.04 bits per heavy atom. The summed E-state index contributed by atoms with van der Waals surface area (Å²) in [5.41, 5.74) is 2.92. The first-order valence-electron chi connectivity index (χ1n) is 15.2. The Kier molecular flexibility index (Phi) is 9.81. The number of aromatic nitrogens is 4. The molecular weight excluding hydrogens is 658 g/mol. The van der Waals surface area contributed by atoms with Crippen LogP contribution in [0.15, 0.2) is 76.8 Å². The lowest BCUT2D eigenvalue weighted by Gasteiger charge is -2.23. The van der Waals surface area contributed by atoms with Gasteiger partial charge in [0.15, 0.2) is 21.6 Å². The van der Waals surface area contributed by atoms with Gasteiger partial charge in [-0.25, -0.2) is 4.98 Å². The van der Waals surface area contributed by atoms with Crippen LogP contribution in [-0.2, 0) is 15.3 Å². The molecule has 242 valence electrons. The number of thioether (sulfide) groups is 1. The number of Topliss-reactive ketones (excluding diaryl/α,β-unsaturated/α-hetero) is 1. The van der Waals surface area contributed by atoms with Gasteiger partial charge in [-0.3, -0.25) is 18.9 Å². The Hall–Kier alpha value is -4.39. The number of aliphatic hydroxyl groups excluding tert-OH is 1. The van der Waals surface area contributed by atoms with E-state index in [0.717, 1.165) is 18.4 Å². The molecule has 1 N–H and O–H groups in total. The first-order valence-corrected chi connectivity index (χ1v) is 17.3. The fraction of sp³-hybridized carbons (Fsp3) is 0.265. The molecular formula is C34H32ClN5O5S2. The van der Waals surface area contributed by atoms with Gasteiger partial charge < -0.3 is 14.6 Å². The second-order valence-corrected chi connectivity index (χ2v) is 13.4. The highest BCUT2D eigenvalue weighted by Crippen LogP contribution is 2.46. The molecule has 0 aliphatic carbocycles. The van der Waals surface area contributed by atoms with E-state index >= 15 is 0 Å². The van der Waals surface area contributed by atoms with Crippen molar-refractivity contribution in [1.29, 1.82) is 0 Å². The average Bonchev–Trinajstić information content (AvgIpc) is 3.74. The van der Waals surface area contributed by atoms with E-state index in [1.54, 1.807) is 47.9 Å². The van der Waals surface area contributed by atoms with Gasteiger partial charge in [0, 0.05) is 17.0 Å². The lowest BCUT2D eigenvalue weighted by molar-refractivity contribution is -0.132. The number of nitrogens with zero attached hydrogens (tertiary/aromatic N) is 5. The van der Waals surface area contributed by atoms with E-state index in [1.165, 1.54) is 28.0 Å². The summed E-state index contributed by atoms with van der Waals surface area (Å²) in [5.74, 6) is -0.377. The molecule has 3 aromatic heterocycles. The highest BCUT2D eigenvalue weighted by molar-refractivity contribution is 8.00. The minimum absolute atomic E-state index is 0.0866. The number of anilines is 1. The van der Waals surface area contributed by atoms with Crippen molar-refractivity contribution >= 4 is 62.9 Å². The van der Waals surface area contributed by atoms with Crippen molar-refractivity contribution in [2.75, 3.05) is 18.1 Å². The summed E-state index contributed by atoms with van der Waals surface area (Å²) < 4.78 is 14.3. The molecule has 0 saturated carbocycles. The number of fused-ring (bicyclic) bond motifs is 1. The number of benzene rings is 2. The molecule has 0 radical (unpaired) electrons. The highest BCUT2D eigenvalue weighted by atomic mass is 35.5. The van der Waals surface area contributed by atoms with Crippen molar-refractivity contribution in [3.63, 3.8) is 0 Å². The molecule has 0 spiro atoms. The van der Waals surface area contributed by atoms with Crippen LogP contribution in [0.3, 0.4) is 0 Å². The lowest BCUT2D eigenvalue weighted by atomic mass is 9.96. The predicted molar refractivity (Wildman–Crippen MR) is 184 cm³/mol. The van der Waals surface area contributed by atoms with E-state index < -0.39 is 17.7 Å². The average molecular weight is 690 g/mol. The zero-order chi connectivity index (χ0) is 33.1. The summed E-state index contributed by atoms with van der Waals surface area (Å²) in [7, 11) is 0. The molecule has 13 heteroatoms. The van der Waals surface area contributed by atoms with Gasteiger partial charge in [-0.15, -0.1) is 10.2 Å². The van der Waals surface area contributed by atoms with Crippen LogP contribution in [0.2, 0.25) is 5.02 Å². The monoisotopic (exact) mass is 689 g/mol. The summed E-state index contributed by atoms with van der Waals surface area (Å²) in [5, 5.41) is 21.4. The second-order valence-electron chi connectivity index (χ2n) is 10.8. The van der Waals surface area contributed by atoms with Gasteiger partial charge in [0.2, 0.25) is 5.13 Å². The normalized spacial score (nSPS) is 15.9. The zero-order valence-corrected chi connectivity index (χ0v) is 28.4. The molecule has 1 aliphatic rings. The van der Waals surface area contributed by atoms with Crippen LogP contribution in [-0.4, -0.2) is 49.6 Å². The number of aliphatic hydroxyl groups is 1. The Morgan fingerprint density at radius 3 is 2.62 bits per heavy atom. The highest BCUT2D eigenvalue weighted by Gasteiger charge is 2.49. The lowest BCUT2D eigenvalue weighted by Crippen LogP contribution is -2.29. The van der Waals surface area contributed by atoms with Gasteiger partial charge in [0.1, 0.15) is 11.3 Å². The van der Waals surface area contributed by atoms with E-state index in [2.05, 4.69) is 22.1 Å². The first kappa shape index (κ1) is 32.5. The van der Waals surface area contributed by atoms with Crippen LogP contribution in [0.1, 0.15) is 55.2 Å². The Morgan fingerprint density at radius 2 is 1.85 bits per heavy atom. The van der Waals surface area contributed by atoms with Gasteiger partial charge in [0.25, 0.3) is 5.78 Å². The fourth-order valence-electron chi connectivity index (χ4n) is 5.36. The maximum Gasteiger partial charge on any atom is 0.301 e. The van der Waals surface area contributed by atoms with Crippen molar-refractivity contribution in [3.8, 4) is 11.5 Å². The smallest absolute Gasteiger partial charge is 0.301 e. The van der Waals surface area contributed by atoms with Crippen molar-refractivity contribution in [3.05, 3.63) is 100.0 Å². The minimum Gasteiger partial charge on any atom is -0.505 e. The molecule has 0 bridgehead atoms. The summed E-state index contributed by atoms with van der Waals surface area (Å²) in [6, 6.07) is 17.2. The molecule has 10 nitrogen and oxygen atoms in total. The van der Waals surface area contributed by atoms with Gasteiger partial charge in [-0.05, 0) is 67.8 Å². The van der Waals surface area contributed by atoms with E-state index in [0.29, 0.717) is 62.4 Å². The molecule has 1 saturated heterocycles. The largest absolute Gasteiger partial charge is 0.505 e. The molecule has 6 rings (SSSR count). The Balaban J connectivity index is 1.45. The Labute approximate surface area is 285 Å². The van der Waals surface area contributed by atoms with Gasteiger partial charge >= 0.3 is 5.91 Å². The number of aryl methyl sites for hydroxylation is 1. The van der Waals surface area contributed by atoms with E-state index in [4.69, 9.17) is 21.1 Å². The molecule has 5 aromatic rings. The minimum atomic E-state index is -1.03. The standard InChI is InChI=1S/C34H32ClN5O5S2/c1-4-6-17-45-24-15-12-22(18-25(24)44-5-2)29-27(30(41)28-20(3)36-26-9-7-8-16-39(26)28)31(42)32(43)40(29)33-37-38-34(47-33)46-19-21-10-13-23(35)14-11-21/h7-16,18,29,41H,4-6,17,19H2,1-3H3. The van der Waals surface area contributed by atoms with Crippen molar-refractivity contribution in [2.45, 2.75) is 49.7 Å².